The van der Waals surface area contributed by atoms with Crippen molar-refractivity contribution >= 4 is 11.6 Å². The van der Waals surface area contributed by atoms with E-state index >= 15 is 0 Å². The Morgan fingerprint density at radius 1 is 1.41 bits per heavy atom. The molecule has 0 atom stereocenters. The SMILES string of the molecule is Cc1cc(F)cc(NCC(=O)N(C)C(C)C)c1. The van der Waals surface area contributed by atoms with E-state index in [9.17, 15) is 9.18 Å². The summed E-state index contributed by atoms with van der Waals surface area (Å²) in [6.07, 6.45) is 0. The van der Waals surface area contributed by atoms with Crippen LogP contribution in [-0.2, 0) is 4.79 Å². The fraction of sp³-hybridized carbons (Fsp3) is 0.462. The fourth-order valence-electron chi connectivity index (χ4n) is 1.43. The summed E-state index contributed by atoms with van der Waals surface area (Å²) in [6, 6.07) is 4.81. The van der Waals surface area contributed by atoms with Gasteiger partial charge in [-0.15, -0.1) is 0 Å². The molecule has 1 amide bonds. The summed E-state index contributed by atoms with van der Waals surface area (Å²) in [4.78, 5) is 13.3. The lowest BCUT2D eigenvalue weighted by atomic mass is 10.2. The van der Waals surface area contributed by atoms with Crippen LogP contribution in [0, 0.1) is 12.7 Å². The number of anilines is 1. The quantitative estimate of drug-likeness (QED) is 0.873. The molecular formula is C13H19FN2O. The number of amides is 1. The highest BCUT2D eigenvalue weighted by atomic mass is 19.1. The van der Waals surface area contributed by atoms with Crippen LogP contribution >= 0.6 is 0 Å². The third-order valence-electron chi connectivity index (χ3n) is 2.65. The Morgan fingerprint density at radius 2 is 2.06 bits per heavy atom. The van der Waals surface area contributed by atoms with Crippen molar-refractivity contribution in [3.63, 3.8) is 0 Å². The number of carbonyl (C=O) groups excluding carboxylic acids is 1. The minimum atomic E-state index is -0.294. The average Bonchev–Trinajstić information content (AvgIpc) is 2.23. The number of nitrogens with one attached hydrogen (secondary N) is 1. The van der Waals surface area contributed by atoms with Gasteiger partial charge in [-0.2, -0.15) is 0 Å². The van der Waals surface area contributed by atoms with Gasteiger partial charge < -0.3 is 10.2 Å². The van der Waals surface area contributed by atoms with Gasteiger partial charge in [0.05, 0.1) is 6.54 Å². The van der Waals surface area contributed by atoms with Gasteiger partial charge in [0.1, 0.15) is 5.82 Å². The zero-order chi connectivity index (χ0) is 13.0. The van der Waals surface area contributed by atoms with Gasteiger partial charge in [-0.05, 0) is 44.5 Å². The molecule has 0 aromatic heterocycles. The number of benzene rings is 1. The largest absolute Gasteiger partial charge is 0.376 e. The summed E-state index contributed by atoms with van der Waals surface area (Å²) in [7, 11) is 1.76. The van der Waals surface area contributed by atoms with Crippen molar-refractivity contribution in [1.29, 1.82) is 0 Å². The monoisotopic (exact) mass is 238 g/mol. The Bertz CT molecular complexity index is 384. The van der Waals surface area contributed by atoms with E-state index in [4.69, 9.17) is 0 Å². The maximum absolute atomic E-state index is 13.1. The minimum Gasteiger partial charge on any atom is -0.376 e. The van der Waals surface area contributed by atoms with E-state index in [0.29, 0.717) is 5.69 Å². The van der Waals surface area contributed by atoms with Crippen molar-refractivity contribution in [2.45, 2.75) is 26.8 Å². The molecule has 0 aliphatic carbocycles. The van der Waals surface area contributed by atoms with Gasteiger partial charge in [-0.25, -0.2) is 4.39 Å². The van der Waals surface area contributed by atoms with E-state index in [2.05, 4.69) is 5.32 Å². The Kier molecular flexibility index (Phi) is 4.49. The number of halogens is 1. The van der Waals surface area contributed by atoms with E-state index < -0.39 is 0 Å². The van der Waals surface area contributed by atoms with Crippen LogP contribution in [-0.4, -0.2) is 30.4 Å². The van der Waals surface area contributed by atoms with Crippen LogP contribution in [0.1, 0.15) is 19.4 Å². The predicted octanol–water partition coefficient (Wildman–Crippen LogP) is 2.41. The molecule has 0 aliphatic rings. The summed E-state index contributed by atoms with van der Waals surface area (Å²) < 4.78 is 13.1. The number of carbonyl (C=O) groups is 1. The summed E-state index contributed by atoms with van der Waals surface area (Å²) in [5.41, 5.74) is 1.46. The lowest BCUT2D eigenvalue weighted by Crippen LogP contribution is -2.37. The first-order valence-electron chi connectivity index (χ1n) is 5.67. The predicted molar refractivity (Wildman–Crippen MR) is 67.5 cm³/mol. The molecule has 0 radical (unpaired) electrons. The number of rotatable bonds is 4. The number of hydrogen-bond acceptors (Lipinski definition) is 2. The molecule has 1 aromatic carbocycles. The summed E-state index contributed by atoms with van der Waals surface area (Å²) in [5.74, 6) is -0.306. The second kappa shape index (κ2) is 5.66. The van der Waals surface area contributed by atoms with Gasteiger partial charge >= 0.3 is 0 Å². The molecular weight excluding hydrogens is 219 g/mol. The van der Waals surface area contributed by atoms with Crippen molar-refractivity contribution in [3.05, 3.63) is 29.6 Å². The van der Waals surface area contributed by atoms with Crippen molar-refractivity contribution in [1.82, 2.24) is 4.90 Å². The molecule has 0 heterocycles. The molecule has 3 nitrogen and oxygen atoms in total. The van der Waals surface area contributed by atoms with Crippen LogP contribution in [0.4, 0.5) is 10.1 Å². The van der Waals surface area contributed by atoms with E-state index in [1.807, 2.05) is 26.8 Å². The normalized spacial score (nSPS) is 10.5. The summed E-state index contributed by atoms with van der Waals surface area (Å²) in [6.45, 7) is 5.89. The van der Waals surface area contributed by atoms with E-state index in [0.717, 1.165) is 5.56 Å². The maximum Gasteiger partial charge on any atom is 0.241 e. The van der Waals surface area contributed by atoms with Crippen molar-refractivity contribution in [2.75, 3.05) is 18.9 Å². The Morgan fingerprint density at radius 3 is 2.59 bits per heavy atom. The third kappa shape index (κ3) is 4.06. The number of aryl methyl sites for hydroxylation is 1. The highest BCUT2D eigenvalue weighted by Gasteiger charge is 2.11. The average molecular weight is 238 g/mol. The zero-order valence-corrected chi connectivity index (χ0v) is 10.7. The summed E-state index contributed by atoms with van der Waals surface area (Å²) in [5, 5.41) is 2.93. The molecule has 1 N–H and O–H groups in total. The van der Waals surface area contributed by atoms with Crippen molar-refractivity contribution in [3.8, 4) is 0 Å². The number of nitrogens with zero attached hydrogens (tertiary/aromatic N) is 1. The highest BCUT2D eigenvalue weighted by Crippen LogP contribution is 2.13. The topological polar surface area (TPSA) is 32.3 Å². The van der Waals surface area contributed by atoms with Crippen LogP contribution in [0.5, 0.6) is 0 Å². The molecule has 0 saturated heterocycles. The summed E-state index contributed by atoms with van der Waals surface area (Å²) >= 11 is 0. The molecule has 17 heavy (non-hydrogen) atoms. The Labute approximate surface area is 102 Å². The molecule has 0 unspecified atom stereocenters. The zero-order valence-electron chi connectivity index (χ0n) is 10.7. The Hall–Kier alpha value is -1.58. The van der Waals surface area contributed by atoms with E-state index in [1.165, 1.54) is 12.1 Å². The maximum atomic E-state index is 13.1. The van der Waals surface area contributed by atoms with Gasteiger partial charge in [0.15, 0.2) is 0 Å². The van der Waals surface area contributed by atoms with Gasteiger partial charge in [0, 0.05) is 18.8 Å². The number of hydrogen-bond donors (Lipinski definition) is 1. The van der Waals surface area contributed by atoms with Crippen LogP contribution in [0.15, 0.2) is 18.2 Å². The fourth-order valence-corrected chi connectivity index (χ4v) is 1.43. The molecule has 1 rings (SSSR count). The van der Waals surface area contributed by atoms with Crippen molar-refractivity contribution < 1.29 is 9.18 Å². The van der Waals surface area contributed by atoms with Crippen LogP contribution in [0.25, 0.3) is 0 Å². The second-order valence-electron chi connectivity index (χ2n) is 4.47. The second-order valence-corrected chi connectivity index (χ2v) is 4.47. The molecule has 1 aromatic rings. The van der Waals surface area contributed by atoms with Gasteiger partial charge in [-0.1, -0.05) is 0 Å². The number of likely N-dealkylation sites (N-methyl/N-ethyl adjacent to an activating group) is 1. The molecule has 4 heteroatoms. The van der Waals surface area contributed by atoms with E-state index in [-0.39, 0.29) is 24.3 Å². The highest BCUT2D eigenvalue weighted by molar-refractivity contribution is 5.80. The molecule has 0 bridgehead atoms. The molecule has 94 valence electrons. The first-order valence-corrected chi connectivity index (χ1v) is 5.67. The standard InChI is InChI=1S/C13H19FN2O/c1-9(2)16(4)13(17)8-15-12-6-10(3)5-11(14)7-12/h5-7,9,15H,8H2,1-4H3. The smallest absolute Gasteiger partial charge is 0.241 e. The van der Waals surface area contributed by atoms with Crippen LogP contribution in [0.2, 0.25) is 0 Å². The van der Waals surface area contributed by atoms with Gasteiger partial charge in [-0.3, -0.25) is 4.79 Å². The van der Waals surface area contributed by atoms with Gasteiger partial charge in [0.2, 0.25) is 5.91 Å². The molecule has 0 fully saturated rings. The Balaban J connectivity index is 2.58. The van der Waals surface area contributed by atoms with Gasteiger partial charge in [0.25, 0.3) is 0 Å². The van der Waals surface area contributed by atoms with Crippen LogP contribution in [0.3, 0.4) is 0 Å². The molecule has 0 aliphatic heterocycles. The van der Waals surface area contributed by atoms with E-state index in [1.54, 1.807) is 11.9 Å². The minimum absolute atomic E-state index is 0.0121. The first kappa shape index (κ1) is 13.5. The van der Waals surface area contributed by atoms with Crippen LogP contribution < -0.4 is 5.32 Å². The first-order chi connectivity index (χ1) is 7.90. The molecule has 0 spiro atoms. The van der Waals surface area contributed by atoms with Crippen molar-refractivity contribution in [2.24, 2.45) is 0 Å². The molecule has 0 saturated carbocycles. The lowest BCUT2D eigenvalue weighted by Gasteiger charge is -2.21. The lowest BCUT2D eigenvalue weighted by molar-refractivity contribution is -0.129. The third-order valence-corrected chi connectivity index (χ3v) is 2.65.